The standard InChI is InChI=1S/C24H24N4O3/c1-15-9-10-18(11-16(15)2)20-13-28-22(24(30)25-20)12-19(27-28)23(29)26-21(14-31-3)17-7-5-4-6-8-17/h4-13,21H,14H2,1-3H3,(H,25,30)(H,26,29). The lowest BCUT2D eigenvalue weighted by Crippen LogP contribution is -2.31. The van der Waals surface area contributed by atoms with Crippen molar-refractivity contribution in [2.24, 2.45) is 0 Å². The molecule has 4 aromatic rings. The Hall–Kier alpha value is -3.71. The highest BCUT2D eigenvalue weighted by atomic mass is 16.5. The lowest BCUT2D eigenvalue weighted by atomic mass is 10.0. The number of benzene rings is 2. The van der Waals surface area contributed by atoms with Gasteiger partial charge in [-0.1, -0.05) is 42.5 Å². The number of ether oxygens (including phenoxy) is 1. The van der Waals surface area contributed by atoms with E-state index in [1.54, 1.807) is 13.3 Å². The third kappa shape index (κ3) is 4.27. The Morgan fingerprint density at radius 1 is 1.13 bits per heavy atom. The largest absolute Gasteiger partial charge is 0.382 e. The normalized spacial score (nSPS) is 12.1. The molecule has 1 unspecified atom stereocenters. The van der Waals surface area contributed by atoms with Crippen LogP contribution >= 0.6 is 0 Å². The number of hydrogen-bond donors (Lipinski definition) is 2. The van der Waals surface area contributed by atoms with Gasteiger partial charge in [0.05, 0.1) is 24.5 Å². The molecule has 0 aliphatic heterocycles. The van der Waals surface area contributed by atoms with Gasteiger partial charge in [-0.15, -0.1) is 0 Å². The Kier molecular flexibility index (Phi) is 5.68. The zero-order valence-electron chi connectivity index (χ0n) is 17.7. The number of fused-ring (bicyclic) bond motifs is 1. The fraction of sp³-hybridized carbons (Fsp3) is 0.208. The Morgan fingerprint density at radius 3 is 2.61 bits per heavy atom. The first kappa shape index (κ1) is 20.6. The topological polar surface area (TPSA) is 88.5 Å². The molecule has 2 aromatic heterocycles. The van der Waals surface area contributed by atoms with Crippen LogP contribution in [-0.4, -0.2) is 34.2 Å². The number of nitrogens with zero attached hydrogens (tertiary/aromatic N) is 2. The average Bonchev–Trinajstić information content (AvgIpc) is 3.21. The minimum Gasteiger partial charge on any atom is -0.382 e. The van der Waals surface area contributed by atoms with Crippen molar-refractivity contribution < 1.29 is 9.53 Å². The van der Waals surface area contributed by atoms with E-state index in [0.29, 0.717) is 17.8 Å². The molecule has 2 heterocycles. The van der Waals surface area contributed by atoms with Crippen molar-refractivity contribution in [3.8, 4) is 11.3 Å². The molecule has 0 saturated heterocycles. The van der Waals surface area contributed by atoms with Gasteiger partial charge in [-0.3, -0.25) is 9.59 Å². The van der Waals surface area contributed by atoms with Crippen LogP contribution in [0.25, 0.3) is 16.8 Å². The van der Waals surface area contributed by atoms with E-state index in [2.05, 4.69) is 15.4 Å². The molecule has 158 valence electrons. The van der Waals surface area contributed by atoms with Gasteiger partial charge in [-0.2, -0.15) is 5.10 Å². The number of rotatable bonds is 6. The van der Waals surface area contributed by atoms with Crippen LogP contribution in [0.4, 0.5) is 0 Å². The summed E-state index contributed by atoms with van der Waals surface area (Å²) < 4.78 is 6.71. The molecule has 0 spiro atoms. The maximum absolute atomic E-state index is 12.9. The first-order valence-electron chi connectivity index (χ1n) is 10.0. The van der Waals surface area contributed by atoms with Crippen molar-refractivity contribution in [2.45, 2.75) is 19.9 Å². The molecular weight excluding hydrogens is 392 g/mol. The summed E-state index contributed by atoms with van der Waals surface area (Å²) in [5.41, 5.74) is 4.92. The minimum absolute atomic E-state index is 0.166. The number of methoxy groups -OCH3 is 1. The molecule has 7 nitrogen and oxygen atoms in total. The fourth-order valence-electron chi connectivity index (χ4n) is 3.48. The molecule has 0 saturated carbocycles. The van der Waals surface area contributed by atoms with Gasteiger partial charge in [-0.25, -0.2) is 4.52 Å². The molecule has 0 aliphatic rings. The third-order valence-corrected chi connectivity index (χ3v) is 5.36. The van der Waals surface area contributed by atoms with Crippen LogP contribution in [0.3, 0.4) is 0 Å². The summed E-state index contributed by atoms with van der Waals surface area (Å²) in [6, 6.07) is 16.7. The van der Waals surface area contributed by atoms with Crippen LogP contribution in [0.1, 0.15) is 33.2 Å². The van der Waals surface area contributed by atoms with Gasteiger partial charge in [0.2, 0.25) is 0 Å². The quantitative estimate of drug-likeness (QED) is 0.504. The van der Waals surface area contributed by atoms with Crippen molar-refractivity contribution in [1.29, 1.82) is 0 Å². The Morgan fingerprint density at radius 2 is 1.90 bits per heavy atom. The highest BCUT2D eigenvalue weighted by molar-refractivity contribution is 5.93. The van der Waals surface area contributed by atoms with Crippen LogP contribution in [0.2, 0.25) is 0 Å². The smallest absolute Gasteiger partial charge is 0.274 e. The van der Waals surface area contributed by atoms with E-state index in [9.17, 15) is 9.59 Å². The fourth-order valence-corrected chi connectivity index (χ4v) is 3.48. The molecule has 7 heteroatoms. The van der Waals surface area contributed by atoms with Crippen LogP contribution in [-0.2, 0) is 4.74 Å². The van der Waals surface area contributed by atoms with Crippen LogP contribution in [0.15, 0.2) is 65.6 Å². The maximum atomic E-state index is 12.9. The molecule has 1 amide bonds. The van der Waals surface area contributed by atoms with Crippen molar-refractivity contribution in [1.82, 2.24) is 19.9 Å². The number of carbonyl (C=O) groups excluding carboxylic acids is 1. The van der Waals surface area contributed by atoms with Crippen molar-refractivity contribution >= 4 is 11.4 Å². The van der Waals surface area contributed by atoms with E-state index < -0.39 is 0 Å². The number of aromatic nitrogens is 3. The lowest BCUT2D eigenvalue weighted by molar-refractivity contribution is 0.0891. The van der Waals surface area contributed by atoms with Gasteiger partial charge in [-0.05, 0) is 42.2 Å². The zero-order valence-corrected chi connectivity index (χ0v) is 17.7. The molecule has 0 bridgehead atoms. The molecule has 0 radical (unpaired) electrons. The summed E-state index contributed by atoms with van der Waals surface area (Å²) in [7, 11) is 1.58. The van der Waals surface area contributed by atoms with E-state index in [4.69, 9.17) is 4.74 Å². The predicted molar refractivity (Wildman–Crippen MR) is 119 cm³/mol. The molecule has 2 aromatic carbocycles. The SMILES string of the molecule is COCC(NC(=O)c1cc2c(=O)[nH]c(-c3ccc(C)c(C)c3)cn2n1)c1ccccc1. The highest BCUT2D eigenvalue weighted by Gasteiger charge is 2.19. The second-order valence-electron chi connectivity index (χ2n) is 7.55. The minimum atomic E-state index is -0.373. The molecule has 0 fully saturated rings. The number of amides is 1. The van der Waals surface area contributed by atoms with Crippen LogP contribution in [0.5, 0.6) is 0 Å². The summed E-state index contributed by atoms with van der Waals surface area (Å²) in [5, 5.41) is 7.29. The van der Waals surface area contributed by atoms with Crippen molar-refractivity contribution in [2.75, 3.05) is 13.7 Å². The monoisotopic (exact) mass is 416 g/mol. The summed E-state index contributed by atoms with van der Waals surface area (Å²) in [6.07, 6.45) is 1.72. The first-order valence-corrected chi connectivity index (χ1v) is 10.0. The molecule has 2 N–H and O–H groups in total. The average molecular weight is 416 g/mol. The molecule has 4 rings (SSSR count). The molecule has 1 atom stereocenters. The van der Waals surface area contributed by atoms with Crippen LogP contribution in [0, 0.1) is 13.8 Å². The summed E-state index contributed by atoms with van der Waals surface area (Å²) in [4.78, 5) is 28.4. The number of hydrogen-bond acceptors (Lipinski definition) is 4. The molecular formula is C24H24N4O3. The van der Waals surface area contributed by atoms with Crippen molar-refractivity contribution in [3.63, 3.8) is 0 Å². The van der Waals surface area contributed by atoms with Gasteiger partial charge in [0.15, 0.2) is 5.69 Å². The summed E-state index contributed by atoms with van der Waals surface area (Å²) in [6.45, 7) is 4.38. The summed E-state index contributed by atoms with van der Waals surface area (Å²) in [5.74, 6) is -0.373. The highest BCUT2D eigenvalue weighted by Crippen LogP contribution is 2.20. The number of nitrogens with one attached hydrogen (secondary N) is 2. The number of carbonyl (C=O) groups is 1. The maximum Gasteiger partial charge on any atom is 0.274 e. The van der Waals surface area contributed by atoms with E-state index in [0.717, 1.165) is 16.7 Å². The Bertz CT molecular complexity index is 1290. The number of aryl methyl sites for hydroxylation is 2. The number of aromatic amines is 1. The van der Waals surface area contributed by atoms with Gasteiger partial charge >= 0.3 is 0 Å². The van der Waals surface area contributed by atoms with Gasteiger partial charge in [0.1, 0.15) is 5.52 Å². The Balaban J connectivity index is 1.65. The zero-order chi connectivity index (χ0) is 22.0. The second-order valence-corrected chi connectivity index (χ2v) is 7.55. The van der Waals surface area contributed by atoms with E-state index in [-0.39, 0.29) is 23.2 Å². The lowest BCUT2D eigenvalue weighted by Gasteiger charge is -2.17. The number of H-pyrrole nitrogens is 1. The van der Waals surface area contributed by atoms with Gasteiger partial charge < -0.3 is 15.0 Å². The Labute approximate surface area is 179 Å². The van der Waals surface area contributed by atoms with E-state index >= 15 is 0 Å². The van der Waals surface area contributed by atoms with Crippen molar-refractivity contribution in [3.05, 3.63) is 93.5 Å². The molecule has 31 heavy (non-hydrogen) atoms. The van der Waals surface area contributed by atoms with E-state index in [1.165, 1.54) is 16.1 Å². The van der Waals surface area contributed by atoms with Gasteiger partial charge in [0, 0.05) is 13.2 Å². The second kappa shape index (κ2) is 8.57. The summed E-state index contributed by atoms with van der Waals surface area (Å²) >= 11 is 0. The predicted octanol–water partition coefficient (Wildman–Crippen LogP) is 3.42. The van der Waals surface area contributed by atoms with E-state index in [1.807, 2.05) is 62.4 Å². The van der Waals surface area contributed by atoms with Crippen LogP contribution < -0.4 is 10.9 Å². The first-order chi connectivity index (χ1) is 15.0. The third-order valence-electron chi connectivity index (χ3n) is 5.36. The molecule has 0 aliphatic carbocycles. The van der Waals surface area contributed by atoms with Gasteiger partial charge in [0.25, 0.3) is 11.5 Å².